The van der Waals surface area contributed by atoms with Crippen molar-refractivity contribution in [2.75, 3.05) is 0 Å². The molecule has 0 atom stereocenters. The summed E-state index contributed by atoms with van der Waals surface area (Å²) in [6, 6.07) is 15.6. The van der Waals surface area contributed by atoms with Gasteiger partial charge in [-0.1, -0.05) is 24.3 Å². The van der Waals surface area contributed by atoms with Gasteiger partial charge in [0.25, 0.3) is 5.56 Å². The van der Waals surface area contributed by atoms with Crippen LogP contribution < -0.4 is 10.9 Å². The molecule has 0 bridgehead atoms. The van der Waals surface area contributed by atoms with Crippen LogP contribution in [-0.2, 0) is 24.4 Å². The van der Waals surface area contributed by atoms with Gasteiger partial charge in [0.15, 0.2) is 0 Å². The molecule has 30 heavy (non-hydrogen) atoms. The summed E-state index contributed by atoms with van der Waals surface area (Å²) in [5, 5.41) is 3.48. The molecular weight excluding hydrogens is 388 g/mol. The van der Waals surface area contributed by atoms with E-state index in [-0.39, 0.29) is 36.2 Å². The van der Waals surface area contributed by atoms with Crippen LogP contribution in [0, 0.1) is 11.6 Å². The second-order valence-electron chi connectivity index (χ2n) is 7.03. The number of pyridine rings is 1. The molecule has 152 valence electrons. The van der Waals surface area contributed by atoms with Crippen LogP contribution in [0.4, 0.5) is 8.78 Å². The molecule has 0 aliphatic carbocycles. The minimum absolute atomic E-state index is 0.138. The van der Waals surface area contributed by atoms with E-state index in [1.54, 1.807) is 47.3 Å². The molecule has 5 nitrogen and oxygen atoms in total. The van der Waals surface area contributed by atoms with Gasteiger partial charge in [-0.25, -0.2) is 8.78 Å². The van der Waals surface area contributed by atoms with Gasteiger partial charge in [0.05, 0.1) is 0 Å². The Morgan fingerprint density at radius 1 is 0.867 bits per heavy atom. The first-order chi connectivity index (χ1) is 14.5. The van der Waals surface area contributed by atoms with E-state index in [0.717, 1.165) is 16.5 Å². The van der Waals surface area contributed by atoms with Crippen molar-refractivity contribution in [1.82, 2.24) is 14.5 Å². The summed E-state index contributed by atoms with van der Waals surface area (Å²) in [7, 11) is 0. The molecule has 2 aromatic carbocycles. The highest BCUT2D eigenvalue weighted by atomic mass is 19.1. The lowest BCUT2D eigenvalue weighted by Crippen LogP contribution is -2.32. The molecule has 0 saturated heterocycles. The molecule has 0 saturated carbocycles. The van der Waals surface area contributed by atoms with Crippen molar-refractivity contribution in [3.8, 4) is 0 Å². The molecule has 0 aliphatic rings. The molecule has 0 aliphatic heterocycles. The van der Waals surface area contributed by atoms with E-state index < -0.39 is 0 Å². The Morgan fingerprint density at radius 2 is 1.60 bits per heavy atom. The fourth-order valence-corrected chi connectivity index (χ4v) is 3.35. The standard InChI is InChI=1S/C23H19F2N3O2/c24-19-6-4-16(5-7-19)13-26-21(29)15-28-11-9-18-8-10-27(22(18)23(28)30)14-17-2-1-3-20(25)12-17/h1-12H,13-15H2,(H,26,29). The summed E-state index contributed by atoms with van der Waals surface area (Å²) < 4.78 is 29.5. The van der Waals surface area contributed by atoms with Crippen molar-refractivity contribution < 1.29 is 13.6 Å². The maximum atomic E-state index is 13.5. The zero-order valence-electron chi connectivity index (χ0n) is 16.0. The smallest absolute Gasteiger partial charge is 0.275 e. The quantitative estimate of drug-likeness (QED) is 0.532. The second kappa shape index (κ2) is 8.32. The number of hydrogen-bond acceptors (Lipinski definition) is 2. The largest absolute Gasteiger partial charge is 0.350 e. The molecule has 7 heteroatoms. The Kier molecular flexibility index (Phi) is 5.43. The number of aromatic nitrogens is 2. The Balaban J connectivity index is 1.51. The Hall–Kier alpha value is -3.74. The van der Waals surface area contributed by atoms with Crippen LogP contribution in [0.25, 0.3) is 10.9 Å². The van der Waals surface area contributed by atoms with Crippen molar-refractivity contribution in [1.29, 1.82) is 0 Å². The topological polar surface area (TPSA) is 56.0 Å². The summed E-state index contributed by atoms with van der Waals surface area (Å²) >= 11 is 0. The first-order valence-electron chi connectivity index (χ1n) is 9.43. The molecule has 0 unspecified atom stereocenters. The minimum atomic E-state index is -0.342. The maximum absolute atomic E-state index is 13.5. The lowest BCUT2D eigenvalue weighted by Gasteiger charge is -2.10. The van der Waals surface area contributed by atoms with Crippen LogP contribution >= 0.6 is 0 Å². The van der Waals surface area contributed by atoms with Crippen LogP contribution in [0.1, 0.15) is 11.1 Å². The van der Waals surface area contributed by atoms with Crippen LogP contribution in [0.2, 0.25) is 0 Å². The fraction of sp³-hybridized carbons (Fsp3) is 0.130. The molecule has 0 radical (unpaired) electrons. The lowest BCUT2D eigenvalue weighted by molar-refractivity contribution is -0.121. The van der Waals surface area contributed by atoms with E-state index >= 15 is 0 Å². The first-order valence-corrected chi connectivity index (χ1v) is 9.43. The highest BCUT2D eigenvalue weighted by Gasteiger charge is 2.11. The third-order valence-electron chi connectivity index (χ3n) is 4.85. The zero-order valence-corrected chi connectivity index (χ0v) is 16.0. The number of fused-ring (bicyclic) bond motifs is 1. The third-order valence-corrected chi connectivity index (χ3v) is 4.85. The summed E-state index contributed by atoms with van der Waals surface area (Å²) in [6.07, 6.45) is 3.35. The molecule has 0 spiro atoms. The number of carbonyl (C=O) groups is 1. The molecule has 2 aromatic heterocycles. The van der Waals surface area contributed by atoms with Gasteiger partial charge >= 0.3 is 0 Å². The predicted octanol–water partition coefficient (Wildman–Crippen LogP) is 3.45. The molecule has 4 aromatic rings. The van der Waals surface area contributed by atoms with E-state index in [2.05, 4.69) is 5.32 Å². The number of carbonyl (C=O) groups excluding carboxylic acids is 1. The Morgan fingerprint density at radius 3 is 2.33 bits per heavy atom. The van der Waals surface area contributed by atoms with Gasteiger partial charge in [-0.2, -0.15) is 0 Å². The highest BCUT2D eigenvalue weighted by Crippen LogP contribution is 2.14. The summed E-state index contributed by atoms with van der Waals surface area (Å²) in [4.78, 5) is 25.3. The number of nitrogens with zero attached hydrogens (tertiary/aromatic N) is 2. The van der Waals surface area contributed by atoms with Crippen molar-refractivity contribution in [3.05, 3.63) is 106 Å². The second-order valence-corrected chi connectivity index (χ2v) is 7.03. The SMILES string of the molecule is O=C(Cn1ccc2ccn(Cc3cccc(F)c3)c2c1=O)NCc1ccc(F)cc1. The number of hydrogen-bond donors (Lipinski definition) is 1. The first kappa shape index (κ1) is 19.6. The monoisotopic (exact) mass is 407 g/mol. The highest BCUT2D eigenvalue weighted by molar-refractivity contribution is 5.80. The van der Waals surface area contributed by atoms with Crippen LogP contribution in [0.15, 0.2) is 77.9 Å². The van der Waals surface area contributed by atoms with Gasteiger partial charge in [-0.3, -0.25) is 9.59 Å². The summed E-state index contributed by atoms with van der Waals surface area (Å²) in [5.74, 6) is -1.01. The molecule has 1 amide bonds. The molecule has 4 rings (SSSR count). The van der Waals surface area contributed by atoms with E-state index in [9.17, 15) is 18.4 Å². The lowest BCUT2D eigenvalue weighted by atomic mass is 10.2. The Bertz CT molecular complexity index is 1260. The normalized spacial score (nSPS) is 11.0. The Labute approximate surface area is 171 Å². The number of rotatable bonds is 6. The van der Waals surface area contributed by atoms with Gasteiger partial charge in [-0.05, 0) is 47.5 Å². The van der Waals surface area contributed by atoms with Gasteiger partial charge in [0.2, 0.25) is 5.91 Å². The summed E-state index contributed by atoms with van der Waals surface area (Å²) in [6.45, 7) is 0.449. The predicted molar refractivity (Wildman–Crippen MR) is 110 cm³/mol. The van der Waals surface area contributed by atoms with E-state index in [0.29, 0.717) is 12.1 Å². The number of amides is 1. The van der Waals surface area contributed by atoms with Gasteiger partial charge in [0, 0.05) is 30.9 Å². The fourth-order valence-electron chi connectivity index (χ4n) is 3.35. The third kappa shape index (κ3) is 4.30. The summed E-state index contributed by atoms with van der Waals surface area (Å²) in [5.41, 5.74) is 1.65. The molecule has 2 heterocycles. The van der Waals surface area contributed by atoms with Gasteiger partial charge in [-0.15, -0.1) is 0 Å². The van der Waals surface area contributed by atoms with Crippen molar-refractivity contribution in [2.24, 2.45) is 0 Å². The van der Waals surface area contributed by atoms with Gasteiger partial charge < -0.3 is 14.5 Å². The van der Waals surface area contributed by atoms with Crippen LogP contribution in [-0.4, -0.2) is 15.0 Å². The van der Waals surface area contributed by atoms with E-state index in [4.69, 9.17) is 0 Å². The zero-order chi connectivity index (χ0) is 21.1. The number of nitrogens with one attached hydrogen (secondary N) is 1. The average molecular weight is 407 g/mol. The average Bonchev–Trinajstić information content (AvgIpc) is 3.13. The van der Waals surface area contributed by atoms with E-state index in [1.807, 2.05) is 6.07 Å². The van der Waals surface area contributed by atoms with E-state index in [1.165, 1.54) is 28.8 Å². The number of halogens is 2. The van der Waals surface area contributed by atoms with Crippen molar-refractivity contribution in [2.45, 2.75) is 19.6 Å². The molecular formula is C23H19F2N3O2. The van der Waals surface area contributed by atoms with Crippen LogP contribution in [0.5, 0.6) is 0 Å². The van der Waals surface area contributed by atoms with Crippen molar-refractivity contribution in [3.63, 3.8) is 0 Å². The minimum Gasteiger partial charge on any atom is -0.350 e. The van der Waals surface area contributed by atoms with Gasteiger partial charge in [0.1, 0.15) is 23.7 Å². The number of benzene rings is 2. The van der Waals surface area contributed by atoms with Crippen LogP contribution in [0.3, 0.4) is 0 Å². The van der Waals surface area contributed by atoms with Crippen molar-refractivity contribution >= 4 is 16.8 Å². The maximum Gasteiger partial charge on any atom is 0.275 e. The molecule has 0 fully saturated rings. The molecule has 1 N–H and O–H groups in total.